The van der Waals surface area contributed by atoms with Gasteiger partial charge in [-0.2, -0.15) is 5.26 Å². The molecule has 1 N–H and O–H groups in total. The summed E-state index contributed by atoms with van der Waals surface area (Å²) in [7, 11) is 0. The molecular formula is C17H14N4O3S2. The molecule has 1 aromatic carbocycles. The maximum absolute atomic E-state index is 12.0. The molecule has 0 aliphatic carbocycles. The van der Waals surface area contributed by atoms with Gasteiger partial charge >= 0.3 is 5.97 Å². The Labute approximate surface area is 157 Å². The number of nitriles is 1. The van der Waals surface area contributed by atoms with Gasteiger partial charge in [-0.1, -0.05) is 12.1 Å². The van der Waals surface area contributed by atoms with Gasteiger partial charge in [-0.05, 0) is 12.1 Å². The number of anilines is 1. The first-order chi connectivity index (χ1) is 12.7. The Morgan fingerprint density at radius 1 is 1.38 bits per heavy atom. The second kappa shape index (κ2) is 8.51. The second-order valence-corrected chi connectivity index (χ2v) is 7.04. The Morgan fingerprint density at radius 2 is 2.23 bits per heavy atom. The first-order valence-electron chi connectivity index (χ1n) is 7.61. The van der Waals surface area contributed by atoms with Crippen molar-refractivity contribution in [2.24, 2.45) is 0 Å². The van der Waals surface area contributed by atoms with E-state index in [0.717, 1.165) is 9.86 Å². The summed E-state index contributed by atoms with van der Waals surface area (Å²) in [6.45, 7) is -0.377. The van der Waals surface area contributed by atoms with Crippen LogP contribution in [0, 0.1) is 11.3 Å². The lowest BCUT2D eigenvalue weighted by Crippen LogP contribution is -2.22. The van der Waals surface area contributed by atoms with Crippen molar-refractivity contribution in [1.29, 1.82) is 5.26 Å². The molecule has 3 rings (SSSR count). The molecule has 1 amide bonds. The number of nitrogens with one attached hydrogen (secondary N) is 1. The van der Waals surface area contributed by atoms with Crippen LogP contribution in [0.15, 0.2) is 46.9 Å². The molecule has 0 fully saturated rings. The molecule has 0 spiro atoms. The monoisotopic (exact) mass is 386 g/mol. The average Bonchev–Trinajstić information content (AvgIpc) is 3.21. The Kier molecular flexibility index (Phi) is 5.88. The predicted molar refractivity (Wildman–Crippen MR) is 99.1 cm³/mol. The molecule has 2 aromatic heterocycles. The number of aromatic nitrogens is 2. The summed E-state index contributed by atoms with van der Waals surface area (Å²) in [6, 6.07) is 9.19. The van der Waals surface area contributed by atoms with Crippen molar-refractivity contribution in [3.05, 3.63) is 47.7 Å². The van der Waals surface area contributed by atoms with Crippen molar-refractivity contribution < 1.29 is 14.3 Å². The van der Waals surface area contributed by atoms with Crippen LogP contribution in [-0.4, -0.2) is 33.6 Å². The van der Waals surface area contributed by atoms with Gasteiger partial charge in [0.05, 0.1) is 29.6 Å². The minimum atomic E-state index is -0.516. The molecular weight excluding hydrogens is 372 g/mol. The molecule has 2 heterocycles. The third-order valence-electron chi connectivity index (χ3n) is 3.29. The summed E-state index contributed by atoms with van der Waals surface area (Å²) >= 11 is 2.80. The SMILES string of the molecule is N#CCSc1ccccc1NC(=O)COC(=O)Cc1cn2ccsc2n1. The molecule has 9 heteroatoms. The number of hydrogen-bond donors (Lipinski definition) is 1. The van der Waals surface area contributed by atoms with Crippen molar-refractivity contribution >= 4 is 45.6 Å². The third-order valence-corrected chi connectivity index (χ3v) is 5.00. The number of ether oxygens (including phenoxy) is 1. The summed E-state index contributed by atoms with van der Waals surface area (Å²) in [5.74, 6) is -0.670. The molecule has 0 aliphatic heterocycles. The molecule has 0 saturated carbocycles. The van der Waals surface area contributed by atoms with Crippen LogP contribution in [-0.2, 0) is 20.7 Å². The number of esters is 1. The number of hydrogen-bond acceptors (Lipinski definition) is 7. The molecule has 7 nitrogen and oxygen atoms in total. The molecule has 0 aliphatic rings. The van der Waals surface area contributed by atoms with Gasteiger partial charge in [-0.15, -0.1) is 23.1 Å². The zero-order chi connectivity index (χ0) is 18.4. The fourth-order valence-electron chi connectivity index (χ4n) is 2.20. The largest absolute Gasteiger partial charge is 0.455 e. The Hall–Kier alpha value is -2.83. The minimum Gasteiger partial charge on any atom is -0.455 e. The topological polar surface area (TPSA) is 96.5 Å². The van der Waals surface area contributed by atoms with E-state index in [-0.39, 0.29) is 18.8 Å². The van der Waals surface area contributed by atoms with E-state index in [1.54, 1.807) is 18.3 Å². The van der Waals surface area contributed by atoms with Crippen LogP contribution in [0.5, 0.6) is 0 Å². The molecule has 0 unspecified atom stereocenters. The lowest BCUT2D eigenvalue weighted by atomic mass is 10.3. The van der Waals surface area contributed by atoms with Crippen molar-refractivity contribution in [2.45, 2.75) is 11.3 Å². The van der Waals surface area contributed by atoms with Gasteiger partial charge in [0, 0.05) is 22.7 Å². The van der Waals surface area contributed by atoms with Crippen LogP contribution in [0.2, 0.25) is 0 Å². The summed E-state index contributed by atoms with van der Waals surface area (Å²) in [6.07, 6.45) is 3.63. The quantitative estimate of drug-likeness (QED) is 0.495. The molecule has 0 radical (unpaired) electrons. The van der Waals surface area contributed by atoms with Gasteiger partial charge in [0.15, 0.2) is 11.6 Å². The zero-order valence-corrected chi connectivity index (χ0v) is 15.2. The normalized spacial score (nSPS) is 10.4. The number of fused-ring (bicyclic) bond motifs is 1. The average molecular weight is 386 g/mol. The van der Waals surface area contributed by atoms with Crippen LogP contribution in [0.1, 0.15) is 5.69 Å². The van der Waals surface area contributed by atoms with Gasteiger partial charge < -0.3 is 10.1 Å². The summed E-state index contributed by atoms with van der Waals surface area (Å²) in [4.78, 5) is 29.8. The Balaban J connectivity index is 1.50. The molecule has 26 heavy (non-hydrogen) atoms. The predicted octanol–water partition coefficient (Wildman–Crippen LogP) is 2.74. The van der Waals surface area contributed by atoms with Crippen LogP contribution in [0.4, 0.5) is 5.69 Å². The number of rotatable bonds is 7. The molecule has 0 atom stereocenters. The van der Waals surface area contributed by atoms with E-state index in [1.165, 1.54) is 23.1 Å². The number of thioether (sulfide) groups is 1. The standard InChI is InChI=1S/C17H14N4O3S2/c18-5-7-25-14-4-2-1-3-13(14)20-15(22)11-24-16(23)9-12-10-21-6-8-26-17(21)19-12/h1-4,6,8,10H,7,9,11H2,(H,20,22). The number of amides is 1. The second-order valence-electron chi connectivity index (χ2n) is 5.15. The maximum Gasteiger partial charge on any atom is 0.312 e. The van der Waals surface area contributed by atoms with Crippen molar-refractivity contribution in [3.63, 3.8) is 0 Å². The van der Waals surface area contributed by atoms with E-state index in [9.17, 15) is 9.59 Å². The highest BCUT2D eigenvalue weighted by Gasteiger charge is 2.13. The highest BCUT2D eigenvalue weighted by atomic mass is 32.2. The molecule has 0 saturated heterocycles. The van der Waals surface area contributed by atoms with Gasteiger partial charge in [-0.25, -0.2) is 4.98 Å². The van der Waals surface area contributed by atoms with Gasteiger partial charge in [0.2, 0.25) is 0 Å². The minimum absolute atomic E-state index is 0.0102. The number of benzene rings is 1. The van der Waals surface area contributed by atoms with Gasteiger partial charge in [0.1, 0.15) is 0 Å². The molecule has 132 valence electrons. The van der Waals surface area contributed by atoms with Crippen molar-refractivity contribution in [2.75, 3.05) is 17.7 Å². The fourth-order valence-corrected chi connectivity index (χ4v) is 3.59. The van der Waals surface area contributed by atoms with Crippen molar-refractivity contribution in [3.8, 4) is 6.07 Å². The van der Waals surface area contributed by atoms with Gasteiger partial charge in [-0.3, -0.25) is 14.0 Å². The van der Waals surface area contributed by atoms with Crippen molar-refractivity contribution in [1.82, 2.24) is 9.38 Å². The number of para-hydroxylation sites is 1. The Bertz CT molecular complexity index is 945. The highest BCUT2D eigenvalue weighted by Crippen LogP contribution is 2.26. The summed E-state index contributed by atoms with van der Waals surface area (Å²) in [5, 5.41) is 13.3. The van der Waals surface area contributed by atoms with E-state index in [2.05, 4.69) is 10.3 Å². The van der Waals surface area contributed by atoms with E-state index in [4.69, 9.17) is 10.00 Å². The van der Waals surface area contributed by atoms with Crippen LogP contribution >= 0.6 is 23.1 Å². The van der Waals surface area contributed by atoms with Crippen LogP contribution in [0.3, 0.4) is 0 Å². The van der Waals surface area contributed by atoms with Crippen LogP contribution in [0.25, 0.3) is 4.96 Å². The summed E-state index contributed by atoms with van der Waals surface area (Å²) in [5.41, 5.74) is 1.18. The first-order valence-corrected chi connectivity index (χ1v) is 9.47. The molecule has 0 bridgehead atoms. The molecule has 3 aromatic rings. The van der Waals surface area contributed by atoms with Gasteiger partial charge in [0.25, 0.3) is 5.91 Å². The highest BCUT2D eigenvalue weighted by molar-refractivity contribution is 7.99. The van der Waals surface area contributed by atoms with Crippen LogP contribution < -0.4 is 5.32 Å². The lowest BCUT2D eigenvalue weighted by molar-refractivity contribution is -0.146. The first kappa shape index (κ1) is 18.0. The fraction of sp³-hybridized carbons (Fsp3) is 0.176. The maximum atomic E-state index is 12.0. The number of carbonyl (C=O) groups is 2. The Morgan fingerprint density at radius 3 is 3.04 bits per heavy atom. The number of nitrogens with zero attached hydrogens (tertiary/aromatic N) is 3. The third kappa shape index (κ3) is 4.62. The summed E-state index contributed by atoms with van der Waals surface area (Å²) < 4.78 is 6.85. The van der Waals surface area contributed by atoms with E-state index in [0.29, 0.717) is 11.4 Å². The smallest absolute Gasteiger partial charge is 0.312 e. The number of thiazole rings is 1. The van der Waals surface area contributed by atoms with E-state index < -0.39 is 11.9 Å². The van der Waals surface area contributed by atoms with E-state index in [1.807, 2.05) is 34.2 Å². The number of carbonyl (C=O) groups excluding carboxylic acids is 2. The number of imidazole rings is 1. The van der Waals surface area contributed by atoms with E-state index >= 15 is 0 Å². The lowest BCUT2D eigenvalue weighted by Gasteiger charge is -2.09. The zero-order valence-electron chi connectivity index (χ0n) is 13.5.